The van der Waals surface area contributed by atoms with Gasteiger partial charge in [0, 0.05) is 5.75 Å². The van der Waals surface area contributed by atoms with E-state index in [0.717, 1.165) is 10.1 Å². The van der Waals surface area contributed by atoms with Crippen molar-refractivity contribution in [1.29, 1.82) is 0 Å². The minimum atomic E-state index is 0.537. The molecule has 0 aromatic carbocycles. The Bertz CT molecular complexity index is 276. The van der Waals surface area contributed by atoms with Crippen LogP contribution in [-0.4, -0.2) is 16.0 Å². The third-order valence-corrected chi connectivity index (χ3v) is 2.93. The van der Waals surface area contributed by atoms with Crippen LogP contribution in [0.5, 0.6) is 0 Å². The maximum Gasteiger partial charge on any atom is 0.203 e. The van der Waals surface area contributed by atoms with Gasteiger partial charge < -0.3 is 5.73 Å². The van der Waals surface area contributed by atoms with Crippen LogP contribution in [-0.2, 0) is 0 Å². The number of anilines is 1. The highest BCUT2D eigenvalue weighted by molar-refractivity contribution is 8.01. The summed E-state index contributed by atoms with van der Waals surface area (Å²) in [5.41, 5.74) is 6.75. The molecule has 66 valence electrons. The summed E-state index contributed by atoms with van der Waals surface area (Å²) in [6, 6.07) is 0. The van der Waals surface area contributed by atoms with Crippen molar-refractivity contribution >= 4 is 28.2 Å². The van der Waals surface area contributed by atoms with Gasteiger partial charge in [-0.3, -0.25) is 0 Å². The molecule has 0 spiro atoms. The first-order valence-electron chi connectivity index (χ1n) is 3.53. The quantitative estimate of drug-likeness (QED) is 0.601. The molecular formula is C7H11N3S2. The first-order chi connectivity index (χ1) is 5.68. The van der Waals surface area contributed by atoms with Crippen molar-refractivity contribution < 1.29 is 0 Å². The summed E-state index contributed by atoms with van der Waals surface area (Å²) in [7, 11) is 0. The van der Waals surface area contributed by atoms with Gasteiger partial charge in [-0.05, 0) is 13.8 Å². The van der Waals surface area contributed by atoms with Crippen LogP contribution in [0.25, 0.3) is 0 Å². The minimum absolute atomic E-state index is 0.537. The fourth-order valence-electron chi connectivity index (χ4n) is 0.558. The Morgan fingerprint density at radius 2 is 2.33 bits per heavy atom. The summed E-state index contributed by atoms with van der Waals surface area (Å²) in [5, 5.41) is 8.15. The van der Waals surface area contributed by atoms with Gasteiger partial charge in [-0.25, -0.2) is 0 Å². The fourth-order valence-corrected chi connectivity index (χ4v) is 2.25. The van der Waals surface area contributed by atoms with E-state index in [9.17, 15) is 0 Å². The Morgan fingerprint density at radius 3 is 2.83 bits per heavy atom. The lowest BCUT2D eigenvalue weighted by Gasteiger charge is -1.89. The van der Waals surface area contributed by atoms with Crippen LogP contribution in [0.15, 0.2) is 16.0 Å². The lowest BCUT2D eigenvalue weighted by atomic mass is 10.3. The van der Waals surface area contributed by atoms with Crippen LogP contribution in [0.2, 0.25) is 0 Å². The summed E-state index contributed by atoms with van der Waals surface area (Å²) in [6.07, 6.45) is 2.16. The van der Waals surface area contributed by atoms with Gasteiger partial charge >= 0.3 is 0 Å². The average Bonchev–Trinajstić information content (AvgIpc) is 2.35. The van der Waals surface area contributed by atoms with Crippen LogP contribution in [0.3, 0.4) is 0 Å². The Labute approximate surface area is 80.1 Å². The van der Waals surface area contributed by atoms with Gasteiger partial charge in [0.15, 0.2) is 4.34 Å². The number of nitrogens with zero attached hydrogens (tertiary/aromatic N) is 2. The molecule has 1 aromatic rings. The van der Waals surface area contributed by atoms with E-state index in [0.29, 0.717) is 5.13 Å². The van der Waals surface area contributed by atoms with E-state index in [1.807, 2.05) is 0 Å². The van der Waals surface area contributed by atoms with E-state index in [-0.39, 0.29) is 0 Å². The zero-order chi connectivity index (χ0) is 8.97. The highest BCUT2D eigenvalue weighted by Gasteiger charge is 1.98. The van der Waals surface area contributed by atoms with E-state index in [4.69, 9.17) is 5.73 Å². The monoisotopic (exact) mass is 201 g/mol. The summed E-state index contributed by atoms with van der Waals surface area (Å²) < 4.78 is 0.935. The normalized spacial score (nSPS) is 9.83. The van der Waals surface area contributed by atoms with Crippen molar-refractivity contribution in [3.05, 3.63) is 11.6 Å². The Kier molecular flexibility index (Phi) is 3.55. The molecule has 3 nitrogen and oxygen atoms in total. The summed E-state index contributed by atoms with van der Waals surface area (Å²) in [5.74, 6) is 0.941. The number of nitrogen functional groups attached to an aromatic ring is 1. The first-order valence-corrected chi connectivity index (χ1v) is 5.34. The molecule has 1 heterocycles. The molecule has 1 aromatic heterocycles. The Morgan fingerprint density at radius 1 is 1.58 bits per heavy atom. The van der Waals surface area contributed by atoms with Crippen molar-refractivity contribution in [2.45, 2.75) is 18.2 Å². The second-order valence-electron chi connectivity index (χ2n) is 2.50. The van der Waals surface area contributed by atoms with Crippen LogP contribution in [0.4, 0.5) is 5.13 Å². The Balaban J connectivity index is 2.38. The van der Waals surface area contributed by atoms with Crippen molar-refractivity contribution in [3.63, 3.8) is 0 Å². The van der Waals surface area contributed by atoms with E-state index in [1.54, 1.807) is 11.8 Å². The number of allylic oxidation sites excluding steroid dienone is 1. The largest absolute Gasteiger partial charge is 0.374 e. The van der Waals surface area contributed by atoms with E-state index in [1.165, 1.54) is 16.9 Å². The molecule has 12 heavy (non-hydrogen) atoms. The lowest BCUT2D eigenvalue weighted by molar-refractivity contribution is 1.02. The van der Waals surface area contributed by atoms with Gasteiger partial charge in [-0.15, -0.1) is 10.2 Å². The molecular weight excluding hydrogens is 190 g/mol. The van der Waals surface area contributed by atoms with Crippen LogP contribution >= 0.6 is 23.1 Å². The molecule has 0 bridgehead atoms. The topological polar surface area (TPSA) is 51.8 Å². The molecule has 0 saturated carbocycles. The molecule has 5 heteroatoms. The molecule has 0 fully saturated rings. The van der Waals surface area contributed by atoms with Gasteiger partial charge in [0.1, 0.15) is 0 Å². The molecule has 0 aliphatic carbocycles. The maximum absolute atomic E-state index is 5.43. The third kappa shape index (κ3) is 3.23. The van der Waals surface area contributed by atoms with Crippen molar-refractivity contribution in [2.24, 2.45) is 0 Å². The second-order valence-corrected chi connectivity index (χ2v) is 4.77. The zero-order valence-electron chi connectivity index (χ0n) is 7.07. The summed E-state index contributed by atoms with van der Waals surface area (Å²) >= 11 is 3.09. The predicted octanol–water partition coefficient (Wildman–Crippen LogP) is 2.18. The van der Waals surface area contributed by atoms with E-state index in [2.05, 4.69) is 30.1 Å². The number of hydrogen-bond acceptors (Lipinski definition) is 5. The fraction of sp³-hybridized carbons (Fsp3) is 0.429. The van der Waals surface area contributed by atoms with Gasteiger partial charge in [0.2, 0.25) is 5.13 Å². The minimum Gasteiger partial charge on any atom is -0.374 e. The highest BCUT2D eigenvalue weighted by Crippen LogP contribution is 2.23. The summed E-state index contributed by atoms with van der Waals surface area (Å²) in [6.45, 7) is 4.16. The van der Waals surface area contributed by atoms with Crippen LogP contribution in [0.1, 0.15) is 13.8 Å². The van der Waals surface area contributed by atoms with Crippen molar-refractivity contribution in [1.82, 2.24) is 10.2 Å². The number of rotatable bonds is 3. The van der Waals surface area contributed by atoms with Crippen LogP contribution in [0, 0.1) is 0 Å². The number of nitrogens with two attached hydrogens (primary N) is 1. The van der Waals surface area contributed by atoms with Crippen molar-refractivity contribution in [2.75, 3.05) is 11.5 Å². The average molecular weight is 201 g/mol. The summed E-state index contributed by atoms with van der Waals surface area (Å²) in [4.78, 5) is 0. The third-order valence-electron chi connectivity index (χ3n) is 1.12. The lowest BCUT2D eigenvalue weighted by Crippen LogP contribution is -1.79. The predicted molar refractivity (Wildman–Crippen MR) is 54.5 cm³/mol. The molecule has 0 aliphatic heterocycles. The maximum atomic E-state index is 5.43. The van der Waals surface area contributed by atoms with E-state index >= 15 is 0 Å². The number of thioether (sulfide) groups is 1. The van der Waals surface area contributed by atoms with Gasteiger partial charge in [-0.1, -0.05) is 34.7 Å². The Hall–Kier alpha value is -0.550. The highest BCUT2D eigenvalue weighted by atomic mass is 32.2. The second kappa shape index (κ2) is 4.47. The van der Waals surface area contributed by atoms with E-state index < -0.39 is 0 Å². The first kappa shape index (κ1) is 9.54. The zero-order valence-corrected chi connectivity index (χ0v) is 8.71. The molecule has 0 aliphatic rings. The smallest absolute Gasteiger partial charge is 0.203 e. The van der Waals surface area contributed by atoms with Crippen molar-refractivity contribution in [3.8, 4) is 0 Å². The van der Waals surface area contributed by atoms with Gasteiger partial charge in [0.05, 0.1) is 0 Å². The molecule has 0 radical (unpaired) electrons. The SMILES string of the molecule is CC(C)=CCSc1nnc(N)s1. The molecule has 0 atom stereocenters. The van der Waals surface area contributed by atoms with Crippen LogP contribution < -0.4 is 5.73 Å². The van der Waals surface area contributed by atoms with Gasteiger partial charge in [-0.2, -0.15) is 0 Å². The molecule has 0 saturated heterocycles. The molecule has 1 rings (SSSR count). The number of aromatic nitrogens is 2. The standard InChI is InChI=1S/C7H11N3S2/c1-5(2)3-4-11-7-10-9-6(8)12-7/h3H,4H2,1-2H3,(H2,8,9). The van der Waals surface area contributed by atoms with Gasteiger partial charge in [0.25, 0.3) is 0 Å². The molecule has 2 N–H and O–H groups in total. The molecule has 0 unspecified atom stereocenters. The number of hydrogen-bond donors (Lipinski definition) is 1. The molecule has 0 amide bonds.